The highest BCUT2D eigenvalue weighted by Crippen LogP contribution is 2.37. The van der Waals surface area contributed by atoms with E-state index in [0.29, 0.717) is 18.5 Å². The monoisotopic (exact) mass is 281 g/mol. The lowest BCUT2D eigenvalue weighted by molar-refractivity contribution is -0.124. The quantitative estimate of drug-likeness (QED) is 0.826. The molecule has 1 saturated carbocycles. The van der Waals surface area contributed by atoms with Gasteiger partial charge >= 0.3 is 0 Å². The van der Waals surface area contributed by atoms with Crippen LogP contribution in [0.15, 0.2) is 0 Å². The third kappa shape index (κ3) is 4.45. The standard InChI is InChI=1S/C16H31N3O/c1-16(2,3)13-6-4-5-7-14(13)18-15(20)12-19-10-8-17-9-11-19/h13-14,17H,4-12H2,1-3H3,(H,18,20). The minimum absolute atomic E-state index is 0.216. The number of nitrogens with zero attached hydrogens (tertiary/aromatic N) is 1. The van der Waals surface area contributed by atoms with Gasteiger partial charge in [0.05, 0.1) is 6.54 Å². The Morgan fingerprint density at radius 3 is 2.50 bits per heavy atom. The summed E-state index contributed by atoms with van der Waals surface area (Å²) in [6.07, 6.45) is 4.97. The molecule has 116 valence electrons. The molecule has 0 spiro atoms. The molecule has 2 atom stereocenters. The van der Waals surface area contributed by atoms with Crippen LogP contribution < -0.4 is 10.6 Å². The zero-order valence-electron chi connectivity index (χ0n) is 13.4. The minimum Gasteiger partial charge on any atom is -0.352 e. The summed E-state index contributed by atoms with van der Waals surface area (Å²) < 4.78 is 0. The average molecular weight is 281 g/mol. The first-order valence-corrected chi connectivity index (χ1v) is 8.19. The molecule has 0 aromatic carbocycles. The highest BCUT2D eigenvalue weighted by atomic mass is 16.2. The number of piperazine rings is 1. The number of hydrogen-bond donors (Lipinski definition) is 2. The first kappa shape index (κ1) is 15.8. The Morgan fingerprint density at radius 2 is 1.85 bits per heavy atom. The van der Waals surface area contributed by atoms with Crippen LogP contribution in [0.4, 0.5) is 0 Å². The molecule has 1 aliphatic carbocycles. The highest BCUT2D eigenvalue weighted by Gasteiger charge is 2.34. The molecule has 1 heterocycles. The van der Waals surface area contributed by atoms with Gasteiger partial charge in [0.2, 0.25) is 5.91 Å². The number of rotatable bonds is 3. The van der Waals surface area contributed by atoms with Crippen molar-refractivity contribution in [2.45, 2.75) is 52.5 Å². The van der Waals surface area contributed by atoms with Gasteiger partial charge in [0, 0.05) is 32.2 Å². The van der Waals surface area contributed by atoms with E-state index in [4.69, 9.17) is 0 Å². The lowest BCUT2D eigenvalue weighted by Gasteiger charge is -2.41. The van der Waals surface area contributed by atoms with Crippen LogP contribution in [0.1, 0.15) is 46.5 Å². The zero-order valence-corrected chi connectivity index (χ0v) is 13.4. The number of hydrogen-bond acceptors (Lipinski definition) is 3. The SMILES string of the molecule is CC(C)(C)C1CCCCC1NC(=O)CN1CCNCC1. The van der Waals surface area contributed by atoms with E-state index in [2.05, 4.69) is 36.3 Å². The van der Waals surface area contributed by atoms with E-state index in [-0.39, 0.29) is 11.3 Å². The zero-order chi connectivity index (χ0) is 14.6. The van der Waals surface area contributed by atoms with Gasteiger partial charge < -0.3 is 10.6 Å². The van der Waals surface area contributed by atoms with Crippen molar-refractivity contribution in [2.75, 3.05) is 32.7 Å². The van der Waals surface area contributed by atoms with E-state index >= 15 is 0 Å². The fraction of sp³-hybridized carbons (Fsp3) is 0.938. The maximum absolute atomic E-state index is 12.3. The predicted molar refractivity (Wildman–Crippen MR) is 82.7 cm³/mol. The second-order valence-electron chi connectivity index (χ2n) is 7.46. The lowest BCUT2D eigenvalue weighted by Crippen LogP contribution is -2.52. The summed E-state index contributed by atoms with van der Waals surface area (Å²) in [4.78, 5) is 14.5. The average Bonchev–Trinajstić information content (AvgIpc) is 2.39. The van der Waals surface area contributed by atoms with Crippen molar-refractivity contribution in [2.24, 2.45) is 11.3 Å². The normalized spacial score (nSPS) is 29.1. The van der Waals surface area contributed by atoms with Crippen molar-refractivity contribution in [3.8, 4) is 0 Å². The smallest absolute Gasteiger partial charge is 0.234 e. The van der Waals surface area contributed by atoms with Crippen LogP contribution >= 0.6 is 0 Å². The third-order valence-electron chi connectivity index (χ3n) is 4.80. The van der Waals surface area contributed by atoms with E-state index in [1.54, 1.807) is 0 Å². The van der Waals surface area contributed by atoms with E-state index in [1.165, 1.54) is 19.3 Å². The van der Waals surface area contributed by atoms with Crippen molar-refractivity contribution in [1.82, 2.24) is 15.5 Å². The van der Waals surface area contributed by atoms with E-state index < -0.39 is 0 Å². The number of carbonyl (C=O) groups excluding carboxylic acids is 1. The van der Waals surface area contributed by atoms with Gasteiger partial charge in [-0.05, 0) is 24.2 Å². The Morgan fingerprint density at radius 1 is 1.20 bits per heavy atom. The largest absolute Gasteiger partial charge is 0.352 e. The Balaban J connectivity index is 1.84. The molecule has 0 aromatic heterocycles. The molecule has 0 radical (unpaired) electrons. The summed E-state index contributed by atoms with van der Waals surface area (Å²) in [6, 6.07) is 0.374. The summed E-state index contributed by atoms with van der Waals surface area (Å²) in [5.74, 6) is 0.830. The van der Waals surface area contributed by atoms with E-state index in [1.807, 2.05) is 0 Å². The van der Waals surface area contributed by atoms with Crippen LogP contribution in [0.3, 0.4) is 0 Å². The Kier molecular flexibility index (Phi) is 5.44. The molecule has 2 aliphatic rings. The number of carbonyl (C=O) groups is 1. The fourth-order valence-electron chi connectivity index (χ4n) is 3.66. The highest BCUT2D eigenvalue weighted by molar-refractivity contribution is 5.78. The van der Waals surface area contributed by atoms with Crippen molar-refractivity contribution < 1.29 is 4.79 Å². The Hall–Kier alpha value is -0.610. The second kappa shape index (κ2) is 6.90. The molecule has 2 N–H and O–H groups in total. The van der Waals surface area contributed by atoms with Gasteiger partial charge in [-0.25, -0.2) is 0 Å². The molecule has 20 heavy (non-hydrogen) atoms. The van der Waals surface area contributed by atoms with Gasteiger partial charge in [0.25, 0.3) is 0 Å². The summed E-state index contributed by atoms with van der Waals surface area (Å²) >= 11 is 0. The maximum Gasteiger partial charge on any atom is 0.234 e. The number of nitrogens with one attached hydrogen (secondary N) is 2. The van der Waals surface area contributed by atoms with Gasteiger partial charge in [0.15, 0.2) is 0 Å². The van der Waals surface area contributed by atoms with Gasteiger partial charge in [-0.1, -0.05) is 33.6 Å². The number of amides is 1. The topological polar surface area (TPSA) is 44.4 Å². The molecule has 0 bridgehead atoms. The summed E-state index contributed by atoms with van der Waals surface area (Å²) in [5.41, 5.74) is 0.285. The van der Waals surface area contributed by atoms with Gasteiger partial charge in [-0.3, -0.25) is 9.69 Å². The summed E-state index contributed by atoms with van der Waals surface area (Å²) in [6.45, 7) is 11.5. The van der Waals surface area contributed by atoms with Crippen LogP contribution in [-0.2, 0) is 4.79 Å². The molecule has 2 rings (SSSR count). The summed E-state index contributed by atoms with van der Waals surface area (Å²) in [7, 11) is 0. The molecule has 4 nitrogen and oxygen atoms in total. The maximum atomic E-state index is 12.3. The Bertz CT molecular complexity index is 318. The molecular weight excluding hydrogens is 250 g/mol. The van der Waals surface area contributed by atoms with Gasteiger partial charge in [0.1, 0.15) is 0 Å². The molecule has 1 saturated heterocycles. The Labute approximate surface area is 123 Å². The molecule has 4 heteroatoms. The first-order chi connectivity index (χ1) is 9.47. The minimum atomic E-state index is 0.216. The van der Waals surface area contributed by atoms with Crippen molar-refractivity contribution in [3.05, 3.63) is 0 Å². The van der Waals surface area contributed by atoms with Crippen molar-refractivity contribution in [3.63, 3.8) is 0 Å². The predicted octanol–water partition coefficient (Wildman–Crippen LogP) is 1.61. The third-order valence-corrected chi connectivity index (χ3v) is 4.80. The second-order valence-corrected chi connectivity index (χ2v) is 7.46. The van der Waals surface area contributed by atoms with E-state index in [0.717, 1.165) is 32.6 Å². The van der Waals surface area contributed by atoms with Crippen LogP contribution in [0.5, 0.6) is 0 Å². The molecule has 1 aliphatic heterocycles. The van der Waals surface area contributed by atoms with Gasteiger partial charge in [-0.2, -0.15) is 0 Å². The van der Waals surface area contributed by atoms with Crippen molar-refractivity contribution >= 4 is 5.91 Å². The molecule has 1 amide bonds. The van der Waals surface area contributed by atoms with Crippen LogP contribution in [0, 0.1) is 11.3 Å². The first-order valence-electron chi connectivity index (χ1n) is 8.19. The molecule has 0 aromatic rings. The summed E-state index contributed by atoms with van der Waals surface area (Å²) in [5, 5.41) is 6.64. The fourth-order valence-corrected chi connectivity index (χ4v) is 3.66. The van der Waals surface area contributed by atoms with Crippen LogP contribution in [0.25, 0.3) is 0 Å². The molecule has 2 fully saturated rings. The molecule has 2 unspecified atom stereocenters. The lowest BCUT2D eigenvalue weighted by atomic mass is 9.69. The van der Waals surface area contributed by atoms with Gasteiger partial charge in [-0.15, -0.1) is 0 Å². The van der Waals surface area contributed by atoms with Crippen molar-refractivity contribution in [1.29, 1.82) is 0 Å². The van der Waals surface area contributed by atoms with Crippen LogP contribution in [0.2, 0.25) is 0 Å². The molecular formula is C16H31N3O. The van der Waals surface area contributed by atoms with E-state index in [9.17, 15) is 4.79 Å². The van der Waals surface area contributed by atoms with Crippen LogP contribution in [-0.4, -0.2) is 49.6 Å².